The van der Waals surface area contributed by atoms with Crippen LogP contribution in [0, 0.1) is 5.92 Å². The maximum atomic E-state index is 5.94. The van der Waals surface area contributed by atoms with Gasteiger partial charge in [0.05, 0.1) is 26.5 Å². The van der Waals surface area contributed by atoms with E-state index in [4.69, 9.17) is 19.9 Å². The monoisotopic (exact) mass is 421 g/mol. The quantitative estimate of drug-likeness (QED) is 0.434. The van der Waals surface area contributed by atoms with Gasteiger partial charge in [-0.25, -0.2) is 0 Å². The normalized spacial score (nSPS) is 18.3. The first-order valence-electron chi connectivity index (χ1n) is 7.09. The molecule has 124 valence electrons. The molecule has 2 rings (SSSR count). The molecule has 0 radical (unpaired) electrons. The lowest BCUT2D eigenvalue weighted by atomic mass is 10.0. The Kier molecular flexibility index (Phi) is 8.32. The van der Waals surface area contributed by atoms with Crippen molar-refractivity contribution in [2.45, 2.75) is 12.8 Å². The fourth-order valence-electron chi connectivity index (χ4n) is 2.27. The van der Waals surface area contributed by atoms with E-state index in [1.54, 1.807) is 14.2 Å². The Morgan fingerprint density at radius 2 is 2.23 bits per heavy atom. The summed E-state index contributed by atoms with van der Waals surface area (Å²) in [5.74, 6) is 2.24. The van der Waals surface area contributed by atoms with Gasteiger partial charge in [-0.1, -0.05) is 0 Å². The molecule has 0 amide bonds. The van der Waals surface area contributed by atoms with E-state index in [9.17, 15) is 0 Å². The van der Waals surface area contributed by atoms with Crippen LogP contribution in [-0.4, -0.2) is 39.9 Å². The van der Waals surface area contributed by atoms with Gasteiger partial charge in [0.1, 0.15) is 11.5 Å². The molecule has 7 heteroatoms. The summed E-state index contributed by atoms with van der Waals surface area (Å²) in [4.78, 5) is 4.38. The van der Waals surface area contributed by atoms with E-state index in [1.807, 2.05) is 18.2 Å². The predicted octanol–water partition coefficient (Wildman–Crippen LogP) is 2.48. The highest BCUT2D eigenvalue weighted by Crippen LogP contribution is 2.28. The van der Waals surface area contributed by atoms with E-state index in [1.165, 1.54) is 0 Å². The summed E-state index contributed by atoms with van der Waals surface area (Å²) >= 11 is 0. The molecule has 6 nitrogen and oxygen atoms in total. The number of benzene rings is 1. The molecule has 0 spiro atoms. The van der Waals surface area contributed by atoms with Crippen molar-refractivity contribution in [3.63, 3.8) is 0 Å². The van der Waals surface area contributed by atoms with Crippen LogP contribution in [0.2, 0.25) is 0 Å². The molecule has 1 aliphatic heterocycles. The van der Waals surface area contributed by atoms with Gasteiger partial charge in [-0.2, -0.15) is 0 Å². The van der Waals surface area contributed by atoms with Gasteiger partial charge in [0, 0.05) is 25.1 Å². The summed E-state index contributed by atoms with van der Waals surface area (Å²) in [5.41, 5.74) is 6.67. The van der Waals surface area contributed by atoms with Crippen molar-refractivity contribution in [2.24, 2.45) is 16.6 Å². The lowest BCUT2D eigenvalue weighted by molar-refractivity contribution is 0.0582. The number of hydrogen-bond donors (Lipinski definition) is 2. The zero-order valence-electron chi connectivity index (χ0n) is 13.0. The van der Waals surface area contributed by atoms with Crippen LogP contribution in [0.15, 0.2) is 23.2 Å². The Bertz CT molecular complexity index is 491. The minimum atomic E-state index is 0. The Balaban J connectivity index is 0.00000242. The second-order valence-electron chi connectivity index (χ2n) is 5.00. The number of rotatable bonds is 5. The zero-order valence-corrected chi connectivity index (χ0v) is 15.3. The van der Waals surface area contributed by atoms with Gasteiger partial charge in [0.15, 0.2) is 5.96 Å². The average Bonchev–Trinajstić information content (AvgIpc) is 2.54. The van der Waals surface area contributed by atoms with Gasteiger partial charge < -0.3 is 25.3 Å². The summed E-state index contributed by atoms with van der Waals surface area (Å²) in [6.45, 7) is 2.29. The van der Waals surface area contributed by atoms with Crippen LogP contribution in [0.4, 0.5) is 5.69 Å². The van der Waals surface area contributed by atoms with Crippen molar-refractivity contribution in [2.75, 3.05) is 39.3 Å². The summed E-state index contributed by atoms with van der Waals surface area (Å²) in [6.07, 6.45) is 2.23. The SMILES string of the molecule is COc1ccc(OC)c(NC(N)=NCC2CCCOC2)c1.I. The van der Waals surface area contributed by atoms with Crippen LogP contribution in [0.1, 0.15) is 12.8 Å². The van der Waals surface area contributed by atoms with Gasteiger partial charge in [-0.05, 0) is 25.0 Å². The van der Waals surface area contributed by atoms with Gasteiger partial charge in [0.2, 0.25) is 0 Å². The van der Waals surface area contributed by atoms with Crippen molar-refractivity contribution in [1.29, 1.82) is 0 Å². The van der Waals surface area contributed by atoms with Crippen molar-refractivity contribution >= 4 is 35.6 Å². The van der Waals surface area contributed by atoms with Crippen molar-refractivity contribution < 1.29 is 14.2 Å². The highest BCUT2D eigenvalue weighted by molar-refractivity contribution is 14.0. The number of nitrogens with one attached hydrogen (secondary N) is 1. The molecule has 1 saturated heterocycles. The minimum absolute atomic E-state index is 0. The highest BCUT2D eigenvalue weighted by atomic mass is 127. The van der Waals surface area contributed by atoms with Crippen molar-refractivity contribution in [3.8, 4) is 11.5 Å². The third kappa shape index (κ3) is 5.53. The van der Waals surface area contributed by atoms with Crippen LogP contribution < -0.4 is 20.5 Å². The largest absolute Gasteiger partial charge is 0.497 e. The second kappa shape index (κ2) is 9.73. The number of anilines is 1. The molecule has 1 atom stereocenters. The number of nitrogens with two attached hydrogens (primary N) is 1. The third-order valence-corrected chi connectivity index (χ3v) is 3.44. The smallest absolute Gasteiger partial charge is 0.193 e. The van der Waals surface area contributed by atoms with E-state index in [0.29, 0.717) is 24.2 Å². The van der Waals surface area contributed by atoms with Crippen LogP contribution in [0.3, 0.4) is 0 Å². The molecule has 1 aromatic rings. The van der Waals surface area contributed by atoms with E-state index >= 15 is 0 Å². The minimum Gasteiger partial charge on any atom is -0.497 e. The average molecular weight is 421 g/mol. The number of nitrogens with zero attached hydrogens (tertiary/aromatic N) is 1. The Labute approximate surface area is 148 Å². The summed E-state index contributed by atoms with van der Waals surface area (Å²) < 4.78 is 15.9. The molecule has 0 aliphatic carbocycles. The summed E-state index contributed by atoms with van der Waals surface area (Å²) in [5, 5.41) is 3.06. The van der Waals surface area contributed by atoms with Gasteiger partial charge in [-0.3, -0.25) is 4.99 Å². The van der Waals surface area contributed by atoms with E-state index in [0.717, 1.165) is 37.5 Å². The number of methoxy groups -OCH3 is 2. The molecule has 1 fully saturated rings. The van der Waals surface area contributed by atoms with Crippen LogP contribution in [-0.2, 0) is 4.74 Å². The van der Waals surface area contributed by atoms with Crippen LogP contribution >= 0.6 is 24.0 Å². The number of halogens is 1. The van der Waals surface area contributed by atoms with E-state index in [2.05, 4.69) is 10.3 Å². The molecule has 1 heterocycles. The topological polar surface area (TPSA) is 78.1 Å². The fourth-order valence-corrected chi connectivity index (χ4v) is 2.27. The van der Waals surface area contributed by atoms with Crippen LogP contribution in [0.25, 0.3) is 0 Å². The summed E-state index contributed by atoms with van der Waals surface area (Å²) in [7, 11) is 3.23. The first kappa shape index (κ1) is 18.8. The number of aliphatic imine (C=N–C) groups is 1. The van der Waals surface area contributed by atoms with Crippen LogP contribution in [0.5, 0.6) is 11.5 Å². The van der Waals surface area contributed by atoms with Crippen molar-refractivity contribution in [1.82, 2.24) is 0 Å². The Hall–Kier alpha value is -1.22. The lowest BCUT2D eigenvalue weighted by Gasteiger charge is -2.20. The molecule has 1 aliphatic rings. The predicted molar refractivity (Wildman–Crippen MR) is 98.6 cm³/mol. The molecule has 0 aromatic heterocycles. The van der Waals surface area contributed by atoms with Gasteiger partial charge in [0.25, 0.3) is 0 Å². The van der Waals surface area contributed by atoms with E-state index in [-0.39, 0.29) is 24.0 Å². The lowest BCUT2D eigenvalue weighted by Crippen LogP contribution is -2.26. The Morgan fingerprint density at radius 3 is 2.86 bits per heavy atom. The maximum Gasteiger partial charge on any atom is 0.193 e. The third-order valence-electron chi connectivity index (χ3n) is 3.44. The van der Waals surface area contributed by atoms with Crippen molar-refractivity contribution in [3.05, 3.63) is 18.2 Å². The molecule has 3 N–H and O–H groups in total. The number of ether oxygens (including phenoxy) is 3. The molecule has 0 saturated carbocycles. The highest BCUT2D eigenvalue weighted by Gasteiger charge is 2.13. The number of hydrogen-bond acceptors (Lipinski definition) is 4. The fraction of sp³-hybridized carbons (Fsp3) is 0.533. The first-order chi connectivity index (χ1) is 10.2. The molecular formula is C15H24IN3O3. The first-order valence-corrected chi connectivity index (χ1v) is 7.09. The maximum absolute atomic E-state index is 5.94. The van der Waals surface area contributed by atoms with Gasteiger partial charge >= 0.3 is 0 Å². The summed E-state index contributed by atoms with van der Waals surface area (Å²) in [6, 6.07) is 5.48. The molecule has 1 aromatic carbocycles. The second-order valence-corrected chi connectivity index (χ2v) is 5.00. The molecule has 22 heavy (non-hydrogen) atoms. The standard InChI is InChI=1S/C15H23N3O3.HI/c1-19-12-5-6-14(20-2)13(8-12)18-15(16)17-9-11-4-3-7-21-10-11;/h5-6,8,11H,3-4,7,9-10H2,1-2H3,(H3,16,17,18);1H. The van der Waals surface area contributed by atoms with Gasteiger partial charge in [-0.15, -0.1) is 24.0 Å². The number of guanidine groups is 1. The zero-order chi connectivity index (χ0) is 15.1. The Morgan fingerprint density at radius 1 is 1.41 bits per heavy atom. The molecule has 0 bridgehead atoms. The molecule has 1 unspecified atom stereocenters. The van der Waals surface area contributed by atoms with E-state index < -0.39 is 0 Å². The molecular weight excluding hydrogens is 397 g/mol.